The largest absolute Gasteiger partial charge is 0.460 e. The first-order valence-electron chi connectivity index (χ1n) is 9.56. The van der Waals surface area contributed by atoms with E-state index in [1.165, 1.54) is 6.92 Å². The van der Waals surface area contributed by atoms with Crippen molar-refractivity contribution in [2.24, 2.45) is 0 Å². The molecule has 1 heterocycles. The predicted octanol–water partition coefficient (Wildman–Crippen LogP) is 1.93. The van der Waals surface area contributed by atoms with Gasteiger partial charge in [-0.05, 0) is 17.7 Å². The van der Waals surface area contributed by atoms with Gasteiger partial charge in [0.2, 0.25) is 5.91 Å². The molecular formula is C22H25FN2O4. The molecule has 0 unspecified atom stereocenters. The van der Waals surface area contributed by atoms with Crippen LogP contribution in [0.1, 0.15) is 22.8 Å². The number of hydrogen-bond donors (Lipinski definition) is 2. The van der Waals surface area contributed by atoms with Crippen molar-refractivity contribution in [1.29, 1.82) is 0 Å². The fourth-order valence-corrected chi connectivity index (χ4v) is 3.58. The molecule has 3 rings (SSSR count). The molecule has 2 aromatic rings. The van der Waals surface area contributed by atoms with E-state index in [0.717, 1.165) is 5.56 Å². The monoisotopic (exact) mass is 400 g/mol. The number of rotatable bonds is 7. The molecule has 1 fully saturated rings. The number of esters is 1. The number of ether oxygens (including phenoxy) is 1. The Balaban J connectivity index is 1.76. The molecular weight excluding hydrogens is 375 g/mol. The normalized spacial score (nSPS) is 24.2. The summed E-state index contributed by atoms with van der Waals surface area (Å²) < 4.78 is 20.3. The highest BCUT2D eigenvalue weighted by molar-refractivity contribution is 5.89. The first-order valence-corrected chi connectivity index (χ1v) is 9.56. The fourth-order valence-electron chi connectivity index (χ4n) is 3.58. The average Bonchev–Trinajstić information content (AvgIpc) is 2.95. The number of nitrogens with zero attached hydrogens (tertiary/aromatic N) is 1. The summed E-state index contributed by atoms with van der Waals surface area (Å²) in [6, 6.07) is 16.5. The van der Waals surface area contributed by atoms with Crippen molar-refractivity contribution in [1.82, 2.24) is 10.2 Å². The summed E-state index contributed by atoms with van der Waals surface area (Å²) in [5.74, 6) is -0.802. The van der Waals surface area contributed by atoms with Crippen molar-refractivity contribution in [3.63, 3.8) is 0 Å². The number of aliphatic hydroxyl groups excluding tert-OH is 1. The second-order valence-electron chi connectivity index (χ2n) is 7.13. The summed E-state index contributed by atoms with van der Waals surface area (Å²) in [7, 11) is 0. The van der Waals surface area contributed by atoms with Crippen LogP contribution in [0.15, 0.2) is 60.7 Å². The van der Waals surface area contributed by atoms with E-state index in [9.17, 15) is 19.1 Å². The number of carbonyl (C=O) groups is 2. The lowest BCUT2D eigenvalue weighted by molar-refractivity contribution is -0.119. The number of benzene rings is 2. The van der Waals surface area contributed by atoms with Crippen molar-refractivity contribution < 1.29 is 23.8 Å². The van der Waals surface area contributed by atoms with Gasteiger partial charge in [-0.1, -0.05) is 48.5 Å². The van der Waals surface area contributed by atoms with Gasteiger partial charge in [-0.25, -0.2) is 9.18 Å². The Bertz CT molecular complexity index is 818. The van der Waals surface area contributed by atoms with Crippen LogP contribution in [0, 0.1) is 0 Å². The van der Waals surface area contributed by atoms with E-state index in [0.29, 0.717) is 12.1 Å². The lowest BCUT2D eigenvalue weighted by atomic mass is 10.1. The zero-order valence-corrected chi connectivity index (χ0v) is 16.2. The van der Waals surface area contributed by atoms with Gasteiger partial charge in [-0.2, -0.15) is 0 Å². The molecule has 154 valence electrons. The highest BCUT2D eigenvalue weighted by atomic mass is 19.1. The molecule has 1 saturated heterocycles. The van der Waals surface area contributed by atoms with Gasteiger partial charge in [0.1, 0.15) is 18.9 Å². The van der Waals surface area contributed by atoms with Gasteiger partial charge < -0.3 is 15.2 Å². The van der Waals surface area contributed by atoms with Crippen molar-refractivity contribution in [3.8, 4) is 0 Å². The third-order valence-electron chi connectivity index (χ3n) is 5.10. The first kappa shape index (κ1) is 21.0. The van der Waals surface area contributed by atoms with Crippen LogP contribution in [-0.4, -0.2) is 59.4 Å². The highest BCUT2D eigenvalue weighted by Crippen LogP contribution is 2.30. The molecule has 0 aliphatic carbocycles. The Morgan fingerprint density at radius 2 is 1.69 bits per heavy atom. The summed E-state index contributed by atoms with van der Waals surface area (Å²) >= 11 is 0. The number of nitrogens with one attached hydrogen (secondary N) is 1. The summed E-state index contributed by atoms with van der Waals surface area (Å²) in [5, 5.41) is 13.1. The van der Waals surface area contributed by atoms with Crippen molar-refractivity contribution in [3.05, 3.63) is 71.8 Å². The highest BCUT2D eigenvalue weighted by Gasteiger charge is 2.49. The van der Waals surface area contributed by atoms with E-state index in [4.69, 9.17) is 4.74 Å². The van der Waals surface area contributed by atoms with E-state index in [1.54, 1.807) is 35.2 Å². The first-order chi connectivity index (χ1) is 14.0. The van der Waals surface area contributed by atoms with Gasteiger partial charge in [-0.15, -0.1) is 0 Å². The van der Waals surface area contributed by atoms with E-state index >= 15 is 0 Å². The minimum absolute atomic E-state index is 0.0591. The van der Waals surface area contributed by atoms with Crippen LogP contribution < -0.4 is 5.32 Å². The fraction of sp³-hybridized carbons (Fsp3) is 0.364. The number of aliphatic hydroxyl groups is 1. The summed E-state index contributed by atoms with van der Waals surface area (Å²) in [6.45, 7) is 1.62. The molecule has 1 aliphatic heterocycles. The smallest absolute Gasteiger partial charge is 0.338 e. The minimum atomic E-state index is -1.58. The number of likely N-dealkylation sites (tertiary alicyclic amines) is 1. The number of hydrogen-bond acceptors (Lipinski definition) is 5. The predicted molar refractivity (Wildman–Crippen MR) is 106 cm³/mol. The molecule has 0 bridgehead atoms. The topological polar surface area (TPSA) is 78.9 Å². The third kappa shape index (κ3) is 5.19. The molecule has 0 saturated carbocycles. The zero-order valence-electron chi connectivity index (χ0n) is 16.2. The minimum Gasteiger partial charge on any atom is -0.460 e. The maximum Gasteiger partial charge on any atom is 0.338 e. The number of halogens is 1. The summed E-state index contributed by atoms with van der Waals surface area (Å²) in [6.07, 6.45) is -2.91. The molecule has 4 atom stereocenters. The second-order valence-corrected chi connectivity index (χ2v) is 7.13. The number of carbonyl (C=O) groups excluding carboxylic acids is 2. The maximum atomic E-state index is 14.9. The molecule has 1 amide bonds. The molecule has 0 aromatic heterocycles. The number of alkyl halides is 1. The molecule has 29 heavy (non-hydrogen) atoms. The Morgan fingerprint density at radius 3 is 2.31 bits per heavy atom. The molecule has 0 radical (unpaired) electrons. The number of amides is 1. The second kappa shape index (κ2) is 9.62. The lowest BCUT2D eigenvalue weighted by Crippen LogP contribution is -2.46. The van der Waals surface area contributed by atoms with Crippen molar-refractivity contribution in [2.45, 2.75) is 37.8 Å². The Labute approximate surface area is 169 Å². The van der Waals surface area contributed by atoms with E-state index in [-0.39, 0.29) is 19.1 Å². The SMILES string of the molecule is CC(=O)NC[C@@H]1[C@H](F)[C@H](O)[C@@H](COC(=O)c2ccccc2)N1Cc1ccccc1. The van der Waals surface area contributed by atoms with Crippen molar-refractivity contribution >= 4 is 11.9 Å². The molecule has 6 nitrogen and oxygen atoms in total. The summed E-state index contributed by atoms with van der Waals surface area (Å²) in [4.78, 5) is 25.4. The van der Waals surface area contributed by atoms with Crippen LogP contribution in [-0.2, 0) is 16.1 Å². The van der Waals surface area contributed by atoms with E-state index < -0.39 is 30.3 Å². The van der Waals surface area contributed by atoms with Crippen LogP contribution in [0.5, 0.6) is 0 Å². The van der Waals surface area contributed by atoms with Gasteiger partial charge in [0.15, 0.2) is 0 Å². The van der Waals surface area contributed by atoms with E-state index in [2.05, 4.69) is 5.32 Å². The maximum absolute atomic E-state index is 14.9. The molecule has 1 aliphatic rings. The van der Waals surface area contributed by atoms with Crippen LogP contribution in [0.3, 0.4) is 0 Å². The van der Waals surface area contributed by atoms with E-state index in [1.807, 2.05) is 30.3 Å². The third-order valence-corrected chi connectivity index (χ3v) is 5.10. The van der Waals surface area contributed by atoms with Crippen molar-refractivity contribution in [2.75, 3.05) is 13.2 Å². The summed E-state index contributed by atoms with van der Waals surface area (Å²) in [5.41, 5.74) is 1.32. The van der Waals surface area contributed by atoms with Gasteiger partial charge in [0.25, 0.3) is 0 Å². The Kier molecular flexibility index (Phi) is 6.95. The van der Waals surface area contributed by atoms with Crippen LogP contribution >= 0.6 is 0 Å². The molecule has 0 spiro atoms. The van der Waals surface area contributed by atoms with Gasteiger partial charge in [0, 0.05) is 20.0 Å². The quantitative estimate of drug-likeness (QED) is 0.695. The average molecular weight is 400 g/mol. The zero-order chi connectivity index (χ0) is 20.8. The van der Waals surface area contributed by atoms with Gasteiger partial charge in [0.05, 0.1) is 17.6 Å². The lowest BCUT2D eigenvalue weighted by Gasteiger charge is -2.30. The standard InChI is InChI=1S/C22H25FN2O4/c1-15(26)24-12-18-20(23)21(27)19(25(18)13-16-8-4-2-5-9-16)14-29-22(28)17-10-6-3-7-11-17/h2-11,18-21,27H,12-14H2,1H3,(H,24,26)/t18-,19-,20+,21-/m1/s1. The van der Waals surface area contributed by atoms with Crippen LogP contribution in [0.2, 0.25) is 0 Å². The Morgan fingerprint density at radius 1 is 1.07 bits per heavy atom. The van der Waals surface area contributed by atoms with Gasteiger partial charge >= 0.3 is 5.97 Å². The van der Waals surface area contributed by atoms with Crippen LogP contribution in [0.25, 0.3) is 0 Å². The molecule has 7 heteroatoms. The van der Waals surface area contributed by atoms with Gasteiger partial charge in [-0.3, -0.25) is 9.69 Å². The Hall–Kier alpha value is -2.77. The van der Waals surface area contributed by atoms with Crippen LogP contribution in [0.4, 0.5) is 4.39 Å². The molecule has 2 N–H and O–H groups in total. The molecule has 2 aromatic carbocycles.